The van der Waals surface area contributed by atoms with Crippen LogP contribution in [-0.4, -0.2) is 29.6 Å². The molecule has 1 heterocycles. The number of hydrogen-bond donors (Lipinski definition) is 0. The van der Waals surface area contributed by atoms with E-state index < -0.39 is 6.10 Å². The third-order valence-corrected chi connectivity index (χ3v) is 3.41. The second kappa shape index (κ2) is 5.59. The number of Topliss-reactive ketones (excluding diaryl/α,β-unsaturated/α-hetero) is 1. The first kappa shape index (κ1) is 13.1. The molecule has 4 nitrogen and oxygen atoms in total. The Morgan fingerprint density at radius 2 is 2.20 bits per heavy atom. The quantitative estimate of drug-likeness (QED) is 0.839. The first-order valence-corrected chi connectivity index (χ1v) is 6.93. The van der Waals surface area contributed by atoms with Crippen molar-refractivity contribution >= 4 is 16.7 Å². The Morgan fingerprint density at radius 1 is 1.35 bits per heavy atom. The molecule has 2 atom stereocenters. The van der Waals surface area contributed by atoms with E-state index in [9.17, 15) is 4.79 Å². The predicted octanol–water partition coefficient (Wildman–Crippen LogP) is 2.75. The lowest BCUT2D eigenvalue weighted by Crippen LogP contribution is -2.52. The van der Waals surface area contributed by atoms with Crippen LogP contribution >= 0.6 is 0 Å². The van der Waals surface area contributed by atoms with Gasteiger partial charge in [0, 0.05) is 18.4 Å². The molecule has 1 aliphatic carbocycles. The van der Waals surface area contributed by atoms with Crippen molar-refractivity contribution in [2.75, 3.05) is 6.61 Å². The van der Waals surface area contributed by atoms with Gasteiger partial charge in [-0.1, -0.05) is 25.1 Å². The summed E-state index contributed by atoms with van der Waals surface area (Å²) in [5, 5.41) is 1.03. The molecule has 2 unspecified atom stereocenters. The van der Waals surface area contributed by atoms with Gasteiger partial charge >= 0.3 is 0 Å². The molecule has 1 aromatic carbocycles. The number of aromatic nitrogens is 1. The van der Waals surface area contributed by atoms with Crippen molar-refractivity contribution in [3.63, 3.8) is 0 Å². The molecule has 1 aliphatic rings. The zero-order valence-electron chi connectivity index (χ0n) is 11.4. The van der Waals surface area contributed by atoms with E-state index in [2.05, 4.69) is 4.98 Å². The molecule has 0 bridgehead atoms. The largest absolute Gasteiger partial charge is 0.485 e. The van der Waals surface area contributed by atoms with E-state index in [0.29, 0.717) is 18.8 Å². The van der Waals surface area contributed by atoms with Gasteiger partial charge in [-0.2, -0.15) is 0 Å². The molecule has 0 saturated heterocycles. The summed E-state index contributed by atoms with van der Waals surface area (Å²) in [4.78, 5) is 15.9. The molecule has 0 aliphatic heterocycles. The molecule has 3 rings (SSSR count). The third-order valence-electron chi connectivity index (χ3n) is 3.41. The lowest BCUT2D eigenvalue weighted by Gasteiger charge is -2.34. The van der Waals surface area contributed by atoms with Gasteiger partial charge in [-0.05, 0) is 18.6 Å². The van der Waals surface area contributed by atoms with Crippen LogP contribution in [0, 0.1) is 0 Å². The highest BCUT2D eigenvalue weighted by Gasteiger charge is 2.42. The van der Waals surface area contributed by atoms with Crippen LogP contribution in [0.3, 0.4) is 0 Å². The summed E-state index contributed by atoms with van der Waals surface area (Å²) in [6, 6.07) is 9.82. The summed E-state index contributed by atoms with van der Waals surface area (Å²) in [6.45, 7) is 2.61. The van der Waals surface area contributed by atoms with Gasteiger partial charge in [0.1, 0.15) is 11.9 Å². The maximum Gasteiger partial charge on any atom is 0.169 e. The number of para-hydroxylation sites is 1. The zero-order valence-corrected chi connectivity index (χ0v) is 11.4. The topological polar surface area (TPSA) is 48.4 Å². The number of ether oxygens (including phenoxy) is 2. The average molecular weight is 271 g/mol. The first-order valence-electron chi connectivity index (χ1n) is 6.93. The molecule has 2 aromatic rings. The van der Waals surface area contributed by atoms with Crippen molar-refractivity contribution in [2.45, 2.75) is 32.0 Å². The molecule has 4 heteroatoms. The maximum absolute atomic E-state index is 11.5. The fourth-order valence-electron chi connectivity index (χ4n) is 2.31. The number of nitrogens with zero attached hydrogens (tertiary/aromatic N) is 1. The van der Waals surface area contributed by atoms with Crippen LogP contribution in [0.25, 0.3) is 10.9 Å². The zero-order chi connectivity index (χ0) is 13.9. The Labute approximate surface area is 117 Å². The molecule has 1 fully saturated rings. The van der Waals surface area contributed by atoms with Gasteiger partial charge in [0.25, 0.3) is 0 Å². The van der Waals surface area contributed by atoms with Crippen molar-refractivity contribution in [2.24, 2.45) is 0 Å². The Balaban J connectivity index is 1.71. The monoisotopic (exact) mass is 271 g/mol. The average Bonchev–Trinajstić information content (AvgIpc) is 2.47. The van der Waals surface area contributed by atoms with E-state index in [1.165, 1.54) is 0 Å². The van der Waals surface area contributed by atoms with Gasteiger partial charge in [0.15, 0.2) is 11.9 Å². The van der Waals surface area contributed by atoms with Crippen LogP contribution in [0.15, 0.2) is 36.5 Å². The molecular weight excluding hydrogens is 254 g/mol. The van der Waals surface area contributed by atoms with E-state index in [-0.39, 0.29) is 11.9 Å². The van der Waals surface area contributed by atoms with Crippen molar-refractivity contribution in [1.82, 2.24) is 4.98 Å². The summed E-state index contributed by atoms with van der Waals surface area (Å²) in [5.74, 6) is 0.809. The van der Waals surface area contributed by atoms with Gasteiger partial charge in [0.05, 0.1) is 11.7 Å². The van der Waals surface area contributed by atoms with E-state index in [4.69, 9.17) is 9.47 Å². The fraction of sp³-hybridized carbons (Fsp3) is 0.375. The smallest absolute Gasteiger partial charge is 0.169 e. The number of carbonyl (C=O) groups excluding carboxylic acids is 1. The van der Waals surface area contributed by atoms with Crippen LogP contribution in [0.1, 0.15) is 19.8 Å². The third kappa shape index (κ3) is 2.51. The van der Waals surface area contributed by atoms with Gasteiger partial charge in [0.2, 0.25) is 0 Å². The number of benzene rings is 1. The Hall–Kier alpha value is -1.94. The number of pyridine rings is 1. The molecule has 0 N–H and O–H groups in total. The second-order valence-corrected chi connectivity index (χ2v) is 4.98. The molecule has 1 aromatic heterocycles. The van der Waals surface area contributed by atoms with Gasteiger partial charge < -0.3 is 9.47 Å². The lowest BCUT2D eigenvalue weighted by molar-refractivity contribution is -0.154. The number of carbonyl (C=O) groups is 1. The minimum Gasteiger partial charge on any atom is -0.485 e. The molecule has 0 amide bonds. The van der Waals surface area contributed by atoms with Crippen LogP contribution in [0.4, 0.5) is 0 Å². The number of hydrogen-bond acceptors (Lipinski definition) is 4. The van der Waals surface area contributed by atoms with Crippen LogP contribution < -0.4 is 4.74 Å². The standard InChI is InChI=1S/C16H17NO3/c1-2-7-19-16-14(18)9-15(16)20-12-8-11-5-3-4-6-13(11)17-10-12/h3-6,8,10,15-16H,2,7,9H2,1H3. The number of rotatable bonds is 5. The summed E-state index contributed by atoms with van der Waals surface area (Å²) < 4.78 is 11.3. The van der Waals surface area contributed by atoms with Crippen molar-refractivity contribution < 1.29 is 14.3 Å². The molecule has 104 valence electrons. The number of ketones is 1. The summed E-state index contributed by atoms with van der Waals surface area (Å²) >= 11 is 0. The van der Waals surface area contributed by atoms with Gasteiger partial charge in [-0.15, -0.1) is 0 Å². The van der Waals surface area contributed by atoms with Crippen molar-refractivity contribution in [3.8, 4) is 5.75 Å². The van der Waals surface area contributed by atoms with Gasteiger partial charge in [-0.25, -0.2) is 0 Å². The molecule has 0 radical (unpaired) electrons. The summed E-state index contributed by atoms with van der Waals surface area (Å²) in [6.07, 6.45) is 2.41. The van der Waals surface area contributed by atoms with Crippen molar-refractivity contribution in [1.29, 1.82) is 0 Å². The SMILES string of the molecule is CCCOC1C(=O)CC1Oc1cnc2ccccc2c1. The Kier molecular flexibility index (Phi) is 3.65. The highest BCUT2D eigenvalue weighted by Crippen LogP contribution is 2.27. The van der Waals surface area contributed by atoms with E-state index in [0.717, 1.165) is 17.3 Å². The maximum atomic E-state index is 11.5. The molecule has 0 spiro atoms. The lowest BCUT2D eigenvalue weighted by atomic mass is 9.90. The van der Waals surface area contributed by atoms with Crippen LogP contribution in [0.5, 0.6) is 5.75 Å². The van der Waals surface area contributed by atoms with Gasteiger partial charge in [-0.3, -0.25) is 9.78 Å². The highest BCUT2D eigenvalue weighted by atomic mass is 16.5. The number of fused-ring (bicyclic) bond motifs is 1. The molecule has 1 saturated carbocycles. The predicted molar refractivity (Wildman–Crippen MR) is 75.8 cm³/mol. The minimum atomic E-state index is -0.415. The molecular formula is C16H17NO3. The molecule has 20 heavy (non-hydrogen) atoms. The Bertz CT molecular complexity index is 626. The van der Waals surface area contributed by atoms with Crippen LogP contribution in [0.2, 0.25) is 0 Å². The van der Waals surface area contributed by atoms with Crippen molar-refractivity contribution in [3.05, 3.63) is 36.5 Å². The van der Waals surface area contributed by atoms with E-state index in [1.807, 2.05) is 37.3 Å². The summed E-state index contributed by atoms with van der Waals surface area (Å²) in [7, 11) is 0. The summed E-state index contributed by atoms with van der Waals surface area (Å²) in [5.41, 5.74) is 0.934. The van der Waals surface area contributed by atoms with Crippen LogP contribution in [-0.2, 0) is 9.53 Å². The minimum absolute atomic E-state index is 0.122. The van der Waals surface area contributed by atoms with E-state index in [1.54, 1.807) is 6.20 Å². The first-order chi connectivity index (χ1) is 9.78. The fourth-order valence-corrected chi connectivity index (χ4v) is 2.31. The normalized spacial score (nSPS) is 21.8. The highest BCUT2D eigenvalue weighted by molar-refractivity contribution is 5.90. The second-order valence-electron chi connectivity index (χ2n) is 4.98. The Morgan fingerprint density at radius 3 is 3.00 bits per heavy atom. The van der Waals surface area contributed by atoms with E-state index >= 15 is 0 Å².